The summed E-state index contributed by atoms with van der Waals surface area (Å²) in [7, 11) is 0. The molecular weight excluding hydrogens is 394 g/mol. The summed E-state index contributed by atoms with van der Waals surface area (Å²) in [6.45, 7) is 7.46. The van der Waals surface area contributed by atoms with E-state index in [1.807, 2.05) is 61.5 Å². The monoisotopic (exact) mass is 429 g/mol. The van der Waals surface area contributed by atoms with Gasteiger partial charge in [0, 0.05) is 0 Å². The number of carbonyl (C=O) groups excluding carboxylic acids is 1. The average molecular weight is 430 g/mol. The molecule has 0 spiro atoms. The molecule has 0 fully saturated rings. The Labute approximate surface area is 185 Å². The van der Waals surface area contributed by atoms with Crippen molar-refractivity contribution >= 4 is 6.09 Å². The van der Waals surface area contributed by atoms with Crippen LogP contribution in [0.15, 0.2) is 54.6 Å². The number of aliphatic hydroxyl groups is 2. The van der Waals surface area contributed by atoms with Crippen molar-refractivity contribution in [2.75, 3.05) is 6.61 Å². The summed E-state index contributed by atoms with van der Waals surface area (Å²) in [4.78, 5) is 12.0. The van der Waals surface area contributed by atoms with Gasteiger partial charge >= 0.3 is 6.09 Å². The second-order valence-corrected chi connectivity index (χ2v) is 8.69. The highest BCUT2D eigenvalue weighted by Crippen LogP contribution is 2.27. The number of aliphatic hydroxyl groups excluding tert-OH is 2. The van der Waals surface area contributed by atoms with Crippen LogP contribution in [0.2, 0.25) is 0 Å². The van der Waals surface area contributed by atoms with Gasteiger partial charge in [0.1, 0.15) is 18.0 Å². The predicted molar refractivity (Wildman–Crippen MR) is 121 cm³/mol. The Balaban J connectivity index is 1.93. The van der Waals surface area contributed by atoms with Gasteiger partial charge in [-0.15, -0.1) is 0 Å². The first-order valence-corrected chi connectivity index (χ1v) is 10.8. The van der Waals surface area contributed by atoms with Gasteiger partial charge in [0.05, 0.1) is 18.8 Å². The van der Waals surface area contributed by atoms with E-state index in [-0.39, 0.29) is 12.5 Å². The van der Waals surface area contributed by atoms with Crippen molar-refractivity contribution in [2.45, 2.75) is 70.8 Å². The minimum atomic E-state index is -0.906. The van der Waals surface area contributed by atoms with Crippen LogP contribution in [-0.4, -0.2) is 40.7 Å². The SMILES string of the molecule is CCC(CC(O)C(CO)NC(=O)OC(C)(C)C)c1ccc(OCc2ccccc2)cc1. The van der Waals surface area contributed by atoms with E-state index in [2.05, 4.69) is 5.32 Å². The van der Waals surface area contributed by atoms with Crippen molar-refractivity contribution in [2.24, 2.45) is 0 Å². The summed E-state index contributed by atoms with van der Waals surface area (Å²) in [5.41, 5.74) is 1.53. The number of carbonyl (C=O) groups is 1. The lowest BCUT2D eigenvalue weighted by Gasteiger charge is -2.27. The van der Waals surface area contributed by atoms with Crippen molar-refractivity contribution in [1.82, 2.24) is 5.32 Å². The molecule has 2 rings (SSSR count). The second kappa shape index (κ2) is 11.7. The molecule has 0 aliphatic heterocycles. The number of alkyl carbamates (subject to hydrolysis) is 1. The summed E-state index contributed by atoms with van der Waals surface area (Å²) in [5.74, 6) is 0.857. The molecule has 2 aromatic rings. The molecule has 31 heavy (non-hydrogen) atoms. The number of hydrogen-bond donors (Lipinski definition) is 3. The van der Waals surface area contributed by atoms with Gasteiger partial charge in [-0.1, -0.05) is 49.4 Å². The van der Waals surface area contributed by atoms with Crippen LogP contribution < -0.4 is 10.1 Å². The number of amides is 1. The molecule has 0 radical (unpaired) electrons. The molecular formula is C25H35NO5. The van der Waals surface area contributed by atoms with Gasteiger partial charge in [0.15, 0.2) is 0 Å². The lowest BCUT2D eigenvalue weighted by atomic mass is 9.89. The summed E-state index contributed by atoms with van der Waals surface area (Å²) in [6, 6.07) is 17.0. The van der Waals surface area contributed by atoms with E-state index < -0.39 is 23.8 Å². The zero-order valence-corrected chi connectivity index (χ0v) is 18.9. The number of benzene rings is 2. The highest BCUT2D eigenvalue weighted by molar-refractivity contribution is 5.68. The van der Waals surface area contributed by atoms with E-state index in [1.54, 1.807) is 20.8 Å². The van der Waals surface area contributed by atoms with Crippen molar-refractivity contribution in [3.63, 3.8) is 0 Å². The molecule has 3 atom stereocenters. The fourth-order valence-corrected chi connectivity index (χ4v) is 3.29. The van der Waals surface area contributed by atoms with Crippen molar-refractivity contribution in [3.05, 3.63) is 65.7 Å². The van der Waals surface area contributed by atoms with Crippen LogP contribution in [0.25, 0.3) is 0 Å². The van der Waals surface area contributed by atoms with E-state index in [0.29, 0.717) is 13.0 Å². The molecule has 170 valence electrons. The first kappa shape index (κ1) is 24.7. The van der Waals surface area contributed by atoms with E-state index in [1.165, 1.54) is 0 Å². The molecule has 2 aromatic carbocycles. The van der Waals surface area contributed by atoms with Crippen LogP contribution in [0.1, 0.15) is 57.6 Å². The van der Waals surface area contributed by atoms with Crippen LogP contribution in [0.5, 0.6) is 5.75 Å². The molecule has 1 amide bonds. The quantitative estimate of drug-likeness (QED) is 0.521. The lowest BCUT2D eigenvalue weighted by molar-refractivity contribution is 0.0324. The minimum Gasteiger partial charge on any atom is -0.489 e. The summed E-state index contributed by atoms with van der Waals surface area (Å²) in [5, 5.41) is 22.8. The molecule has 3 N–H and O–H groups in total. The van der Waals surface area contributed by atoms with Crippen molar-refractivity contribution in [3.8, 4) is 5.75 Å². The lowest BCUT2D eigenvalue weighted by Crippen LogP contribution is -2.48. The van der Waals surface area contributed by atoms with Crippen LogP contribution >= 0.6 is 0 Å². The predicted octanol–water partition coefficient (Wildman–Crippen LogP) is 4.40. The molecule has 6 heteroatoms. The molecule has 0 saturated carbocycles. The fraction of sp³-hybridized carbons (Fsp3) is 0.480. The molecule has 0 bridgehead atoms. The summed E-state index contributed by atoms with van der Waals surface area (Å²) < 4.78 is 11.1. The molecule has 3 unspecified atom stereocenters. The molecule has 0 aliphatic rings. The molecule has 0 saturated heterocycles. The standard InChI is InChI=1S/C25H35NO5/c1-5-19(15-23(28)22(16-27)26-24(29)31-25(2,3)4)20-11-13-21(14-12-20)30-17-18-9-7-6-8-10-18/h6-14,19,22-23,27-28H,5,15-17H2,1-4H3,(H,26,29). The smallest absolute Gasteiger partial charge is 0.408 e. The van der Waals surface area contributed by atoms with E-state index in [9.17, 15) is 15.0 Å². The van der Waals surface area contributed by atoms with Crippen LogP contribution in [0, 0.1) is 0 Å². The van der Waals surface area contributed by atoms with E-state index in [0.717, 1.165) is 23.3 Å². The zero-order valence-electron chi connectivity index (χ0n) is 18.9. The van der Waals surface area contributed by atoms with E-state index in [4.69, 9.17) is 9.47 Å². The third-order valence-electron chi connectivity index (χ3n) is 4.98. The van der Waals surface area contributed by atoms with Gasteiger partial charge in [-0.2, -0.15) is 0 Å². The van der Waals surface area contributed by atoms with Gasteiger partial charge in [-0.05, 0) is 62.8 Å². The van der Waals surface area contributed by atoms with Gasteiger partial charge < -0.3 is 25.0 Å². The Morgan fingerprint density at radius 3 is 2.26 bits per heavy atom. The fourth-order valence-electron chi connectivity index (χ4n) is 3.29. The minimum absolute atomic E-state index is 0.0765. The summed E-state index contributed by atoms with van der Waals surface area (Å²) >= 11 is 0. The third kappa shape index (κ3) is 8.59. The maximum Gasteiger partial charge on any atom is 0.408 e. The van der Waals surface area contributed by atoms with Crippen LogP contribution in [0.4, 0.5) is 4.79 Å². The molecule has 0 heterocycles. The number of ether oxygens (including phenoxy) is 2. The Bertz CT molecular complexity index is 786. The van der Waals surface area contributed by atoms with Crippen molar-refractivity contribution in [1.29, 1.82) is 0 Å². The zero-order chi connectivity index (χ0) is 22.9. The van der Waals surface area contributed by atoms with E-state index >= 15 is 0 Å². The normalized spacial score (nSPS) is 14.4. The first-order chi connectivity index (χ1) is 14.7. The Hall–Kier alpha value is -2.57. The Morgan fingerprint density at radius 2 is 1.71 bits per heavy atom. The highest BCUT2D eigenvalue weighted by atomic mass is 16.6. The van der Waals surface area contributed by atoms with Crippen LogP contribution in [-0.2, 0) is 11.3 Å². The van der Waals surface area contributed by atoms with Crippen molar-refractivity contribution < 1.29 is 24.5 Å². The molecule has 0 aliphatic carbocycles. The Kier molecular flexibility index (Phi) is 9.34. The molecule has 0 aromatic heterocycles. The largest absolute Gasteiger partial charge is 0.489 e. The summed E-state index contributed by atoms with van der Waals surface area (Å²) in [6.07, 6.45) is -0.344. The maximum atomic E-state index is 12.0. The highest BCUT2D eigenvalue weighted by Gasteiger charge is 2.26. The first-order valence-electron chi connectivity index (χ1n) is 10.8. The molecule has 6 nitrogen and oxygen atoms in total. The Morgan fingerprint density at radius 1 is 1.06 bits per heavy atom. The van der Waals surface area contributed by atoms with Gasteiger partial charge in [0.2, 0.25) is 0 Å². The third-order valence-corrected chi connectivity index (χ3v) is 4.98. The van der Waals surface area contributed by atoms with Gasteiger partial charge in [-0.3, -0.25) is 0 Å². The maximum absolute atomic E-state index is 12.0. The number of hydrogen-bond acceptors (Lipinski definition) is 5. The topological polar surface area (TPSA) is 88.0 Å². The second-order valence-electron chi connectivity index (χ2n) is 8.69. The van der Waals surface area contributed by atoms with Gasteiger partial charge in [0.25, 0.3) is 0 Å². The number of nitrogens with one attached hydrogen (secondary N) is 1. The van der Waals surface area contributed by atoms with Crippen LogP contribution in [0.3, 0.4) is 0 Å². The number of rotatable bonds is 10. The average Bonchev–Trinajstić information content (AvgIpc) is 2.74. The van der Waals surface area contributed by atoms with Gasteiger partial charge in [-0.25, -0.2) is 4.79 Å².